The summed E-state index contributed by atoms with van der Waals surface area (Å²) in [5, 5.41) is 3.01. The van der Waals surface area contributed by atoms with Gasteiger partial charge in [0.25, 0.3) is 10.0 Å². The third-order valence-corrected chi connectivity index (χ3v) is 9.52. The van der Waals surface area contributed by atoms with E-state index >= 15 is 0 Å². The molecule has 0 fully saturated rings. The molecule has 0 unspecified atom stereocenters. The van der Waals surface area contributed by atoms with E-state index in [9.17, 15) is 22.4 Å². The molecular weight excluding hydrogens is 645 g/mol. The van der Waals surface area contributed by atoms with Crippen LogP contribution in [0.1, 0.15) is 31.4 Å². The molecule has 0 aromatic heterocycles. The highest BCUT2D eigenvalue weighted by Crippen LogP contribution is 2.25. The number of benzene rings is 4. The fourth-order valence-electron chi connectivity index (χ4n) is 4.68. The minimum absolute atomic E-state index is 0.0222. The summed E-state index contributed by atoms with van der Waals surface area (Å²) < 4.78 is 43.5. The van der Waals surface area contributed by atoms with Gasteiger partial charge in [-0.2, -0.15) is 0 Å². The van der Waals surface area contributed by atoms with Gasteiger partial charge in [0, 0.05) is 23.5 Å². The summed E-state index contributed by atoms with van der Waals surface area (Å²) in [5.74, 6) is -1.47. The van der Waals surface area contributed by atoms with Crippen molar-refractivity contribution in [3.05, 3.63) is 131 Å². The Balaban J connectivity index is 1.80. The van der Waals surface area contributed by atoms with E-state index in [1.807, 2.05) is 68.4 Å². The minimum Gasteiger partial charge on any atom is -0.352 e. The van der Waals surface area contributed by atoms with Gasteiger partial charge >= 0.3 is 0 Å². The largest absolute Gasteiger partial charge is 0.352 e. The maximum Gasteiger partial charge on any atom is 0.264 e. The average molecular weight is 681 g/mol. The van der Waals surface area contributed by atoms with Gasteiger partial charge in [-0.05, 0) is 73.0 Å². The number of hydrogen-bond acceptors (Lipinski definition) is 4. The second-order valence-corrected chi connectivity index (χ2v) is 13.3. The maximum absolute atomic E-state index is 14.4. The molecule has 0 aliphatic carbocycles. The zero-order valence-electron chi connectivity index (χ0n) is 24.6. The van der Waals surface area contributed by atoms with Crippen molar-refractivity contribution in [2.75, 3.05) is 10.8 Å². The summed E-state index contributed by atoms with van der Waals surface area (Å²) in [5.41, 5.74) is 1.71. The van der Waals surface area contributed by atoms with Crippen molar-refractivity contribution in [1.29, 1.82) is 0 Å². The molecule has 0 saturated carbocycles. The molecular formula is C34H35BrFN3O4S. The van der Waals surface area contributed by atoms with Gasteiger partial charge in [-0.15, -0.1) is 0 Å². The highest BCUT2D eigenvalue weighted by atomic mass is 79.9. The lowest BCUT2D eigenvalue weighted by atomic mass is 10.0. The zero-order chi connectivity index (χ0) is 31.7. The zero-order valence-corrected chi connectivity index (χ0v) is 27.0. The van der Waals surface area contributed by atoms with Crippen LogP contribution in [0.15, 0.2) is 119 Å². The predicted molar refractivity (Wildman–Crippen MR) is 174 cm³/mol. The van der Waals surface area contributed by atoms with Gasteiger partial charge in [0.1, 0.15) is 18.4 Å². The number of carbonyl (C=O) groups is 2. The molecule has 44 heavy (non-hydrogen) atoms. The topological polar surface area (TPSA) is 86.8 Å². The van der Waals surface area contributed by atoms with Gasteiger partial charge in [-0.3, -0.25) is 13.9 Å². The highest BCUT2D eigenvalue weighted by molar-refractivity contribution is 9.10. The lowest BCUT2D eigenvalue weighted by molar-refractivity contribution is -0.140. The Labute approximate surface area is 266 Å². The van der Waals surface area contributed by atoms with Crippen LogP contribution in [0.5, 0.6) is 0 Å². The number of amides is 2. The lowest BCUT2D eigenvalue weighted by Crippen LogP contribution is -2.54. The van der Waals surface area contributed by atoms with Gasteiger partial charge in [-0.1, -0.05) is 83.5 Å². The van der Waals surface area contributed by atoms with Crippen LogP contribution in [0.25, 0.3) is 0 Å². The van der Waals surface area contributed by atoms with Crippen molar-refractivity contribution in [2.45, 2.75) is 50.2 Å². The van der Waals surface area contributed by atoms with Crippen molar-refractivity contribution < 1.29 is 22.4 Å². The maximum atomic E-state index is 14.4. The Hall–Kier alpha value is -4.02. The number of carbonyl (C=O) groups excluding carboxylic acids is 2. The Morgan fingerprint density at radius 1 is 0.864 bits per heavy atom. The van der Waals surface area contributed by atoms with Gasteiger partial charge in [-0.25, -0.2) is 12.8 Å². The minimum atomic E-state index is -4.25. The molecule has 0 bridgehead atoms. The third kappa shape index (κ3) is 8.54. The van der Waals surface area contributed by atoms with Crippen LogP contribution in [-0.2, 0) is 32.6 Å². The van der Waals surface area contributed by atoms with E-state index in [4.69, 9.17) is 0 Å². The number of sulfonamides is 1. The first-order valence-corrected chi connectivity index (χ1v) is 16.5. The Morgan fingerprint density at radius 3 is 2.09 bits per heavy atom. The molecule has 7 nitrogen and oxygen atoms in total. The van der Waals surface area contributed by atoms with Crippen molar-refractivity contribution in [2.24, 2.45) is 0 Å². The number of hydrogen-bond donors (Lipinski definition) is 1. The van der Waals surface area contributed by atoms with E-state index < -0.39 is 34.3 Å². The van der Waals surface area contributed by atoms with Crippen molar-refractivity contribution in [3.8, 4) is 0 Å². The van der Waals surface area contributed by atoms with Gasteiger partial charge in [0.2, 0.25) is 11.8 Å². The first kappa shape index (κ1) is 32.9. The predicted octanol–water partition coefficient (Wildman–Crippen LogP) is 6.34. The van der Waals surface area contributed by atoms with Crippen LogP contribution >= 0.6 is 15.9 Å². The molecule has 0 saturated heterocycles. The van der Waals surface area contributed by atoms with E-state index in [-0.39, 0.29) is 35.5 Å². The molecule has 0 aliphatic heterocycles. The van der Waals surface area contributed by atoms with Gasteiger partial charge < -0.3 is 10.2 Å². The molecule has 4 aromatic rings. The smallest absolute Gasteiger partial charge is 0.264 e. The van der Waals surface area contributed by atoms with E-state index in [0.29, 0.717) is 6.42 Å². The van der Waals surface area contributed by atoms with E-state index in [1.165, 1.54) is 29.2 Å². The number of nitrogens with zero attached hydrogens (tertiary/aromatic N) is 2. The van der Waals surface area contributed by atoms with Crippen LogP contribution < -0.4 is 9.62 Å². The molecule has 2 atom stereocenters. The van der Waals surface area contributed by atoms with Crippen LogP contribution in [0.4, 0.5) is 10.1 Å². The quantitative estimate of drug-likeness (QED) is 0.179. The van der Waals surface area contributed by atoms with E-state index in [1.54, 1.807) is 18.2 Å². The van der Waals surface area contributed by atoms with Crippen molar-refractivity contribution in [1.82, 2.24) is 10.2 Å². The molecule has 0 radical (unpaired) electrons. The lowest BCUT2D eigenvalue weighted by Gasteiger charge is -2.34. The molecule has 0 spiro atoms. The van der Waals surface area contributed by atoms with Crippen molar-refractivity contribution >= 4 is 43.5 Å². The Kier molecular flexibility index (Phi) is 11.3. The summed E-state index contributed by atoms with van der Waals surface area (Å²) in [6, 6.07) is 28.3. The Morgan fingerprint density at radius 2 is 1.48 bits per heavy atom. The third-order valence-electron chi connectivity index (χ3n) is 7.24. The molecule has 10 heteroatoms. The fraction of sp³-hybridized carbons (Fsp3) is 0.235. The number of rotatable bonds is 13. The normalized spacial score (nSPS) is 12.6. The average Bonchev–Trinajstić information content (AvgIpc) is 3.02. The monoisotopic (exact) mass is 679 g/mol. The van der Waals surface area contributed by atoms with E-state index in [0.717, 1.165) is 32.0 Å². The summed E-state index contributed by atoms with van der Waals surface area (Å²) in [7, 11) is -4.25. The van der Waals surface area contributed by atoms with Crippen LogP contribution in [0.3, 0.4) is 0 Å². The number of halogens is 2. The number of anilines is 1. The molecule has 0 aliphatic rings. The first-order valence-electron chi connectivity index (χ1n) is 14.3. The second-order valence-electron chi connectivity index (χ2n) is 10.5. The highest BCUT2D eigenvalue weighted by Gasteiger charge is 2.35. The van der Waals surface area contributed by atoms with Crippen LogP contribution in [0, 0.1) is 5.82 Å². The summed E-state index contributed by atoms with van der Waals surface area (Å²) >= 11 is 3.48. The van der Waals surface area contributed by atoms with Gasteiger partial charge in [0.15, 0.2) is 0 Å². The summed E-state index contributed by atoms with van der Waals surface area (Å²) in [4.78, 5) is 29.7. The molecule has 230 valence electrons. The number of nitrogens with one attached hydrogen (secondary N) is 1. The molecule has 1 N–H and O–H groups in total. The molecule has 2 amide bonds. The summed E-state index contributed by atoms with van der Waals surface area (Å²) in [6.07, 6.45) is 0.905. The molecule has 0 heterocycles. The fourth-order valence-corrected chi connectivity index (χ4v) is 6.56. The van der Waals surface area contributed by atoms with E-state index in [2.05, 4.69) is 21.2 Å². The van der Waals surface area contributed by atoms with Crippen LogP contribution in [-0.4, -0.2) is 43.8 Å². The van der Waals surface area contributed by atoms with Gasteiger partial charge in [0.05, 0.1) is 10.6 Å². The molecule has 4 aromatic carbocycles. The first-order chi connectivity index (χ1) is 21.1. The second kappa shape index (κ2) is 15.1. The Bertz CT molecular complexity index is 1660. The standard InChI is InChI=1S/C34H35BrFN3O4S/c1-3-25(2)37-34(41)32(22-26-11-6-4-7-12-26)38(23-27-13-10-14-28(35)21-27)33(40)24-39(30-19-17-29(36)18-20-30)44(42,43)31-15-8-5-9-16-31/h4-21,25,32H,3,22-24H2,1-2H3,(H,37,41)/t25-,32-/m1/s1. The molecule has 4 rings (SSSR count). The summed E-state index contributed by atoms with van der Waals surface area (Å²) in [6.45, 7) is 3.28. The van der Waals surface area contributed by atoms with Crippen LogP contribution in [0.2, 0.25) is 0 Å². The van der Waals surface area contributed by atoms with Crippen molar-refractivity contribution in [3.63, 3.8) is 0 Å². The SMILES string of the molecule is CC[C@@H](C)NC(=O)[C@@H](Cc1ccccc1)N(Cc1cccc(Br)c1)C(=O)CN(c1ccc(F)cc1)S(=O)(=O)c1ccccc1.